The lowest BCUT2D eigenvalue weighted by molar-refractivity contribution is 0.230. The minimum Gasteiger partial charge on any atom is -0.502 e. The fourth-order valence-electron chi connectivity index (χ4n) is 3.60. The largest absolute Gasteiger partial charge is 0.502 e. The highest BCUT2D eigenvalue weighted by Crippen LogP contribution is 2.37. The molecule has 0 aliphatic heterocycles. The smallest absolute Gasteiger partial charge is 0.0991 e. The molecule has 0 unspecified atom stereocenters. The van der Waals surface area contributed by atoms with Crippen molar-refractivity contribution in [1.29, 1.82) is 5.26 Å². The molecule has 1 aromatic carbocycles. The molecule has 2 heteroatoms. The molecule has 0 amide bonds. The first-order valence-corrected chi connectivity index (χ1v) is 9.60. The monoisotopic (exact) mass is 325 g/mol. The number of hydrogen-bond donors (Lipinski definition) is 0. The highest BCUT2D eigenvalue weighted by molar-refractivity contribution is 5.33. The van der Waals surface area contributed by atoms with E-state index in [1.54, 1.807) is 0 Å². The first kappa shape index (κ1) is 18.6. The van der Waals surface area contributed by atoms with Crippen LogP contribution in [0.2, 0.25) is 0 Å². The number of unbranched alkanes of at least 4 members (excludes halogenated alkanes) is 2. The summed E-state index contributed by atoms with van der Waals surface area (Å²) in [4.78, 5) is 0. The number of allylic oxidation sites excluding steroid dienone is 1. The van der Waals surface area contributed by atoms with Gasteiger partial charge in [0.1, 0.15) is 0 Å². The van der Waals surface area contributed by atoms with Gasteiger partial charge in [-0.2, -0.15) is 5.26 Å². The Morgan fingerprint density at radius 2 is 1.88 bits per heavy atom. The van der Waals surface area contributed by atoms with Crippen molar-refractivity contribution in [3.05, 3.63) is 47.7 Å². The van der Waals surface area contributed by atoms with Crippen LogP contribution in [-0.4, -0.2) is 6.61 Å². The molecule has 2 rings (SSSR count). The van der Waals surface area contributed by atoms with Crippen LogP contribution in [-0.2, 0) is 4.74 Å². The quantitative estimate of drug-likeness (QED) is 0.392. The third-order valence-electron chi connectivity index (χ3n) is 5.13. The summed E-state index contributed by atoms with van der Waals surface area (Å²) in [6.45, 7) is 3.04. The number of nitrogens with zero attached hydrogens (tertiary/aromatic N) is 1. The summed E-state index contributed by atoms with van der Waals surface area (Å²) >= 11 is 0. The zero-order valence-electron chi connectivity index (χ0n) is 15.0. The zero-order chi connectivity index (χ0) is 17.0. The van der Waals surface area contributed by atoms with Gasteiger partial charge in [0.05, 0.1) is 24.5 Å². The Hall–Kier alpha value is -1.75. The molecular formula is C22H31NO. The molecule has 0 aromatic heterocycles. The maximum Gasteiger partial charge on any atom is 0.0991 e. The van der Waals surface area contributed by atoms with Gasteiger partial charge in [-0.25, -0.2) is 0 Å². The van der Waals surface area contributed by atoms with Crippen molar-refractivity contribution >= 4 is 0 Å². The van der Waals surface area contributed by atoms with E-state index in [9.17, 15) is 0 Å². The summed E-state index contributed by atoms with van der Waals surface area (Å²) < 4.78 is 5.52. The molecule has 1 aromatic rings. The molecule has 1 saturated carbocycles. The van der Waals surface area contributed by atoms with E-state index in [0.29, 0.717) is 5.92 Å². The lowest BCUT2D eigenvalue weighted by Crippen LogP contribution is -2.13. The third-order valence-corrected chi connectivity index (χ3v) is 5.13. The second-order valence-corrected chi connectivity index (χ2v) is 6.98. The summed E-state index contributed by atoms with van der Waals surface area (Å²) in [7, 11) is 0. The van der Waals surface area contributed by atoms with E-state index in [-0.39, 0.29) is 0 Å². The van der Waals surface area contributed by atoms with Crippen molar-refractivity contribution in [3.63, 3.8) is 0 Å². The van der Waals surface area contributed by atoms with Crippen LogP contribution in [0.25, 0.3) is 0 Å². The molecule has 1 aliphatic carbocycles. The summed E-state index contributed by atoms with van der Waals surface area (Å²) in [5.74, 6) is 1.59. The van der Waals surface area contributed by atoms with Gasteiger partial charge >= 0.3 is 0 Å². The van der Waals surface area contributed by atoms with E-state index >= 15 is 0 Å². The topological polar surface area (TPSA) is 33.0 Å². The molecule has 2 nitrogen and oxygen atoms in total. The standard InChI is InChI=1S/C22H31NO/c1-2-3-5-16-24-17-6-4-7-19-8-12-21(13-9-19)22-14-10-20(18-23)11-15-22/h5,10-11,14-16,19,21H,2-4,6-9,12-13,17H2,1H3. The average Bonchev–Trinajstić information content (AvgIpc) is 2.64. The van der Waals surface area contributed by atoms with Gasteiger partial charge in [-0.15, -0.1) is 0 Å². The molecule has 0 bridgehead atoms. The minimum atomic E-state index is 0.695. The summed E-state index contributed by atoms with van der Waals surface area (Å²) in [6.07, 6.45) is 15.4. The average molecular weight is 325 g/mol. The second-order valence-electron chi connectivity index (χ2n) is 6.98. The molecule has 0 radical (unpaired) electrons. The second kappa shape index (κ2) is 10.9. The maximum absolute atomic E-state index is 8.89. The van der Waals surface area contributed by atoms with Gasteiger partial charge in [0.2, 0.25) is 0 Å². The van der Waals surface area contributed by atoms with E-state index < -0.39 is 0 Å². The molecule has 0 N–H and O–H groups in total. The van der Waals surface area contributed by atoms with Crippen LogP contribution in [0.15, 0.2) is 36.6 Å². The number of hydrogen-bond acceptors (Lipinski definition) is 2. The van der Waals surface area contributed by atoms with Crippen LogP contribution < -0.4 is 0 Å². The van der Waals surface area contributed by atoms with Crippen molar-refractivity contribution in [2.75, 3.05) is 6.61 Å². The van der Waals surface area contributed by atoms with E-state index in [1.807, 2.05) is 18.4 Å². The predicted molar refractivity (Wildman–Crippen MR) is 99.7 cm³/mol. The van der Waals surface area contributed by atoms with Crippen LogP contribution in [0.1, 0.15) is 81.8 Å². The highest BCUT2D eigenvalue weighted by Gasteiger charge is 2.21. The molecule has 130 valence electrons. The van der Waals surface area contributed by atoms with E-state index in [2.05, 4.69) is 31.2 Å². The van der Waals surface area contributed by atoms with Crippen molar-refractivity contribution in [3.8, 4) is 6.07 Å². The molecule has 1 fully saturated rings. The number of nitriles is 1. The van der Waals surface area contributed by atoms with Crippen molar-refractivity contribution in [2.24, 2.45) is 5.92 Å². The molecule has 1 aliphatic rings. The van der Waals surface area contributed by atoms with E-state index in [0.717, 1.165) is 24.5 Å². The van der Waals surface area contributed by atoms with Gasteiger partial charge < -0.3 is 4.74 Å². The molecule has 24 heavy (non-hydrogen) atoms. The normalized spacial score (nSPS) is 20.8. The van der Waals surface area contributed by atoms with Gasteiger partial charge in [0, 0.05) is 0 Å². The SMILES string of the molecule is CCCC=COCCCCC1CCC(c2ccc(C#N)cc2)CC1. The molecule has 0 spiro atoms. The Kier molecular flexibility index (Phi) is 8.46. The Bertz CT molecular complexity index is 518. The van der Waals surface area contributed by atoms with Crippen molar-refractivity contribution in [1.82, 2.24) is 0 Å². The zero-order valence-corrected chi connectivity index (χ0v) is 15.0. The van der Waals surface area contributed by atoms with Crippen molar-refractivity contribution in [2.45, 2.75) is 70.6 Å². The van der Waals surface area contributed by atoms with Crippen molar-refractivity contribution < 1.29 is 4.74 Å². The maximum atomic E-state index is 8.89. The van der Waals surface area contributed by atoms with Gasteiger partial charge in [0.15, 0.2) is 0 Å². The fourth-order valence-corrected chi connectivity index (χ4v) is 3.60. The molecule has 0 heterocycles. The number of rotatable bonds is 9. The Morgan fingerprint density at radius 1 is 1.12 bits per heavy atom. The molecule has 0 saturated heterocycles. The lowest BCUT2D eigenvalue weighted by Gasteiger charge is -2.28. The lowest BCUT2D eigenvalue weighted by atomic mass is 9.77. The van der Waals surface area contributed by atoms with Crippen LogP contribution in [0.3, 0.4) is 0 Å². The van der Waals surface area contributed by atoms with Crippen LogP contribution >= 0.6 is 0 Å². The van der Waals surface area contributed by atoms with Crippen LogP contribution in [0.5, 0.6) is 0 Å². The van der Waals surface area contributed by atoms with Gasteiger partial charge in [-0.3, -0.25) is 0 Å². The van der Waals surface area contributed by atoms with E-state index in [1.165, 1.54) is 56.9 Å². The van der Waals surface area contributed by atoms with Gasteiger partial charge in [-0.1, -0.05) is 31.9 Å². The van der Waals surface area contributed by atoms with Gasteiger partial charge in [0.25, 0.3) is 0 Å². The predicted octanol–water partition coefficient (Wildman–Crippen LogP) is 6.33. The summed E-state index contributed by atoms with van der Waals surface area (Å²) in [6, 6.07) is 10.4. The summed E-state index contributed by atoms with van der Waals surface area (Å²) in [5, 5.41) is 8.89. The van der Waals surface area contributed by atoms with Crippen LogP contribution in [0, 0.1) is 17.2 Å². The molecule has 0 atom stereocenters. The minimum absolute atomic E-state index is 0.695. The molecular weight excluding hydrogens is 294 g/mol. The Morgan fingerprint density at radius 3 is 2.54 bits per heavy atom. The number of benzene rings is 1. The first-order valence-electron chi connectivity index (χ1n) is 9.60. The van der Waals surface area contributed by atoms with E-state index in [4.69, 9.17) is 10.00 Å². The van der Waals surface area contributed by atoms with Gasteiger partial charge in [-0.05, 0) is 80.6 Å². The Labute approximate surface area is 147 Å². The third kappa shape index (κ3) is 6.40. The Balaban J connectivity index is 1.58. The highest BCUT2D eigenvalue weighted by atomic mass is 16.5. The fraction of sp³-hybridized carbons (Fsp3) is 0.591. The van der Waals surface area contributed by atoms with Crippen LogP contribution in [0.4, 0.5) is 0 Å². The first-order chi connectivity index (χ1) is 11.8. The number of ether oxygens (including phenoxy) is 1. The summed E-state index contributed by atoms with van der Waals surface area (Å²) in [5.41, 5.74) is 2.18.